The van der Waals surface area contributed by atoms with E-state index in [9.17, 15) is 0 Å². The first-order valence-electron chi connectivity index (χ1n) is 14.5. The van der Waals surface area contributed by atoms with Crippen LogP contribution in [-0.2, 0) is 0 Å². The molecule has 0 atom stereocenters. The van der Waals surface area contributed by atoms with Gasteiger partial charge in [0.25, 0.3) is 0 Å². The fraction of sp³-hybridized carbons (Fsp3) is 0.0526. The Hall–Kier alpha value is -5.48. The normalized spacial score (nSPS) is 13.6. The Labute approximate surface area is 242 Å². The zero-order valence-electron chi connectivity index (χ0n) is 22.9. The van der Waals surface area contributed by atoms with Crippen LogP contribution in [0.15, 0.2) is 133 Å². The Morgan fingerprint density at radius 3 is 1.90 bits per heavy atom. The number of hydrogen-bond donors (Lipinski definition) is 0. The van der Waals surface area contributed by atoms with Gasteiger partial charge in [0.15, 0.2) is 0 Å². The average molecular weight is 539 g/mol. The molecule has 8 aromatic rings. The highest BCUT2D eigenvalue weighted by atomic mass is 15.2. The number of para-hydroxylation sites is 4. The maximum Gasteiger partial charge on any atom is 0.235 e. The Balaban J connectivity index is 1.43. The van der Waals surface area contributed by atoms with Crippen LogP contribution in [-0.4, -0.2) is 19.1 Å². The van der Waals surface area contributed by atoms with Gasteiger partial charge in [-0.1, -0.05) is 91.0 Å². The van der Waals surface area contributed by atoms with E-state index in [4.69, 9.17) is 9.97 Å². The Kier molecular flexibility index (Phi) is 4.99. The number of fused-ring (bicyclic) bond motifs is 7. The second-order valence-electron chi connectivity index (χ2n) is 11.0. The van der Waals surface area contributed by atoms with Gasteiger partial charge in [0.05, 0.1) is 33.3 Å². The molecule has 1 aliphatic rings. The molecule has 3 aromatic heterocycles. The fourth-order valence-corrected chi connectivity index (χ4v) is 6.71. The quantitative estimate of drug-likeness (QED) is 0.225. The van der Waals surface area contributed by atoms with Crippen LogP contribution in [0.3, 0.4) is 0 Å². The van der Waals surface area contributed by atoms with Gasteiger partial charge in [-0.15, -0.1) is 0 Å². The second kappa shape index (κ2) is 9.02. The van der Waals surface area contributed by atoms with E-state index in [0.29, 0.717) is 5.95 Å². The lowest BCUT2D eigenvalue weighted by molar-refractivity contribution is 0.983. The summed E-state index contributed by atoms with van der Waals surface area (Å²) in [6.45, 7) is 0. The third kappa shape index (κ3) is 3.36. The lowest BCUT2D eigenvalue weighted by Crippen LogP contribution is -2.05. The molecule has 9 rings (SSSR count). The monoisotopic (exact) mass is 538 g/mol. The number of nitrogens with zero attached hydrogens (tertiary/aromatic N) is 4. The van der Waals surface area contributed by atoms with Gasteiger partial charge in [0.1, 0.15) is 0 Å². The second-order valence-corrected chi connectivity index (χ2v) is 11.0. The van der Waals surface area contributed by atoms with E-state index in [1.54, 1.807) is 0 Å². The van der Waals surface area contributed by atoms with Crippen LogP contribution in [0.2, 0.25) is 0 Å². The summed E-state index contributed by atoms with van der Waals surface area (Å²) < 4.78 is 4.63. The van der Waals surface area contributed by atoms with Crippen molar-refractivity contribution in [1.82, 2.24) is 19.1 Å². The first kappa shape index (κ1) is 23.2. The van der Waals surface area contributed by atoms with Crippen molar-refractivity contribution >= 4 is 60.1 Å². The number of allylic oxidation sites excluding steroid dienone is 4. The van der Waals surface area contributed by atoms with Crippen LogP contribution < -0.4 is 0 Å². The van der Waals surface area contributed by atoms with Gasteiger partial charge >= 0.3 is 0 Å². The number of benzene rings is 5. The standard InChI is InChI=1S/C38H26N4/c1-3-13-25(14-4-1)37-29-19-7-10-20-32(29)39-38(40-37)42-34-22-12-9-18-28(34)31-23-30-27-17-8-11-21-33(27)41(35(30)24-36(31)42)26-15-5-2-6-16-26/h1-3,5-13,15-24H,4,14H2. The van der Waals surface area contributed by atoms with E-state index in [0.717, 1.165) is 46.2 Å². The molecule has 0 amide bonds. The van der Waals surface area contributed by atoms with Crippen molar-refractivity contribution in [2.24, 2.45) is 0 Å². The SMILES string of the molecule is C1=CCCC(c2nc(-n3c4ccccc4c4cc5c6ccccc6n(-c6ccccc6)c5cc43)nc3ccccc23)=C1. The van der Waals surface area contributed by atoms with E-state index < -0.39 is 0 Å². The molecule has 4 nitrogen and oxygen atoms in total. The summed E-state index contributed by atoms with van der Waals surface area (Å²) in [5.74, 6) is 0.701. The van der Waals surface area contributed by atoms with E-state index >= 15 is 0 Å². The zero-order chi connectivity index (χ0) is 27.6. The zero-order valence-corrected chi connectivity index (χ0v) is 22.9. The van der Waals surface area contributed by atoms with Gasteiger partial charge in [0.2, 0.25) is 5.95 Å². The van der Waals surface area contributed by atoms with Crippen LogP contribution in [0, 0.1) is 0 Å². The summed E-state index contributed by atoms with van der Waals surface area (Å²) in [7, 11) is 0. The van der Waals surface area contributed by atoms with Gasteiger partial charge in [-0.3, -0.25) is 4.57 Å². The highest BCUT2D eigenvalue weighted by molar-refractivity contribution is 6.19. The molecule has 0 radical (unpaired) electrons. The molecule has 0 aliphatic heterocycles. The minimum absolute atomic E-state index is 0.701. The van der Waals surface area contributed by atoms with Crippen molar-refractivity contribution in [1.29, 1.82) is 0 Å². The number of rotatable bonds is 3. The molecule has 5 aromatic carbocycles. The van der Waals surface area contributed by atoms with Gasteiger partial charge in [-0.05, 0) is 60.9 Å². The molecule has 0 unspecified atom stereocenters. The van der Waals surface area contributed by atoms with Crippen LogP contribution in [0.25, 0.3) is 71.7 Å². The molecule has 0 fully saturated rings. The maximum absolute atomic E-state index is 5.31. The fourth-order valence-electron chi connectivity index (χ4n) is 6.71. The third-order valence-corrected chi connectivity index (χ3v) is 8.59. The smallest absolute Gasteiger partial charge is 0.235 e. The van der Waals surface area contributed by atoms with Crippen molar-refractivity contribution < 1.29 is 0 Å². The topological polar surface area (TPSA) is 35.6 Å². The first-order chi connectivity index (χ1) is 20.8. The molecule has 198 valence electrons. The molecule has 4 heteroatoms. The largest absolute Gasteiger partial charge is 0.309 e. The lowest BCUT2D eigenvalue weighted by atomic mass is 9.99. The minimum Gasteiger partial charge on any atom is -0.309 e. The van der Waals surface area contributed by atoms with Gasteiger partial charge in [-0.25, -0.2) is 9.97 Å². The summed E-state index contributed by atoms with van der Waals surface area (Å²) in [4.78, 5) is 10.5. The summed E-state index contributed by atoms with van der Waals surface area (Å²) in [6, 6.07) is 41.0. The highest BCUT2D eigenvalue weighted by Crippen LogP contribution is 2.39. The Morgan fingerprint density at radius 1 is 0.524 bits per heavy atom. The van der Waals surface area contributed by atoms with E-state index in [1.807, 2.05) is 0 Å². The van der Waals surface area contributed by atoms with Crippen LogP contribution in [0.4, 0.5) is 0 Å². The lowest BCUT2D eigenvalue weighted by Gasteiger charge is -2.14. The van der Waals surface area contributed by atoms with E-state index in [-0.39, 0.29) is 0 Å². The van der Waals surface area contributed by atoms with Crippen molar-refractivity contribution in [3.63, 3.8) is 0 Å². The molecule has 3 heterocycles. The van der Waals surface area contributed by atoms with E-state index in [1.165, 1.54) is 38.2 Å². The third-order valence-electron chi connectivity index (χ3n) is 8.59. The van der Waals surface area contributed by atoms with Crippen LogP contribution in [0.5, 0.6) is 0 Å². The maximum atomic E-state index is 5.31. The molecule has 0 saturated carbocycles. The van der Waals surface area contributed by atoms with E-state index in [2.05, 4.69) is 143 Å². The summed E-state index contributed by atoms with van der Waals surface area (Å²) in [6.07, 6.45) is 8.57. The molecular weight excluding hydrogens is 512 g/mol. The summed E-state index contributed by atoms with van der Waals surface area (Å²) in [5.41, 5.74) is 8.95. The summed E-state index contributed by atoms with van der Waals surface area (Å²) >= 11 is 0. The molecule has 1 aliphatic carbocycles. The minimum atomic E-state index is 0.701. The van der Waals surface area contributed by atoms with Crippen LogP contribution >= 0.6 is 0 Å². The predicted octanol–water partition coefficient (Wildman–Crippen LogP) is 9.56. The first-order valence-corrected chi connectivity index (χ1v) is 14.5. The summed E-state index contributed by atoms with van der Waals surface area (Å²) in [5, 5.41) is 5.98. The number of hydrogen-bond acceptors (Lipinski definition) is 2. The molecule has 0 spiro atoms. The average Bonchev–Trinajstić information content (AvgIpc) is 3.56. The Bertz CT molecular complexity index is 2400. The van der Waals surface area contributed by atoms with Crippen molar-refractivity contribution in [2.75, 3.05) is 0 Å². The van der Waals surface area contributed by atoms with Crippen molar-refractivity contribution in [3.8, 4) is 11.6 Å². The Morgan fingerprint density at radius 2 is 1.17 bits per heavy atom. The van der Waals surface area contributed by atoms with Crippen molar-refractivity contribution in [3.05, 3.63) is 139 Å². The van der Waals surface area contributed by atoms with Gasteiger partial charge in [-0.2, -0.15) is 0 Å². The molecule has 42 heavy (non-hydrogen) atoms. The van der Waals surface area contributed by atoms with Crippen LogP contribution in [0.1, 0.15) is 18.5 Å². The van der Waals surface area contributed by atoms with Crippen molar-refractivity contribution in [2.45, 2.75) is 12.8 Å². The predicted molar refractivity (Wildman–Crippen MR) is 175 cm³/mol. The molecular formula is C38H26N4. The number of aromatic nitrogens is 4. The van der Waals surface area contributed by atoms with Gasteiger partial charge < -0.3 is 4.57 Å². The van der Waals surface area contributed by atoms with Gasteiger partial charge in [0, 0.05) is 32.6 Å². The molecule has 0 saturated heterocycles. The molecule has 0 bridgehead atoms. The molecule has 0 N–H and O–H groups in total. The highest BCUT2D eigenvalue weighted by Gasteiger charge is 2.21.